The summed E-state index contributed by atoms with van der Waals surface area (Å²) in [4.78, 5) is 18.0. The van der Waals surface area contributed by atoms with Gasteiger partial charge in [0.25, 0.3) is 5.91 Å². The molecule has 1 N–H and O–H groups in total. The Bertz CT molecular complexity index is 1180. The van der Waals surface area contributed by atoms with Crippen molar-refractivity contribution in [3.8, 4) is 5.69 Å². The van der Waals surface area contributed by atoms with Crippen LogP contribution in [0.4, 0.5) is 10.1 Å². The minimum absolute atomic E-state index is 0.0965. The molecule has 0 atom stereocenters. The second-order valence-electron chi connectivity index (χ2n) is 10.00. The number of nitrogens with one attached hydrogen (secondary N) is 1. The molecule has 1 saturated heterocycles. The number of fused-ring (bicyclic) bond motifs is 1. The fourth-order valence-corrected chi connectivity index (χ4v) is 5.38. The van der Waals surface area contributed by atoms with Gasteiger partial charge in [0, 0.05) is 49.7 Å². The molecule has 0 spiro atoms. The highest BCUT2D eigenvalue weighted by atomic mass is 19.1. The third-order valence-corrected chi connectivity index (χ3v) is 7.39. The second-order valence-corrected chi connectivity index (χ2v) is 10.00. The monoisotopic (exact) mass is 489 g/mol. The van der Waals surface area contributed by atoms with E-state index in [2.05, 4.69) is 51.4 Å². The van der Waals surface area contributed by atoms with E-state index in [0.717, 1.165) is 88.2 Å². The molecule has 1 aliphatic heterocycles. The predicted molar refractivity (Wildman–Crippen MR) is 142 cm³/mol. The summed E-state index contributed by atoms with van der Waals surface area (Å²) in [6, 6.07) is 15.1. The Labute approximate surface area is 213 Å². The highest BCUT2D eigenvalue weighted by molar-refractivity contribution is 5.94. The zero-order chi connectivity index (χ0) is 24.9. The third kappa shape index (κ3) is 5.62. The number of aromatic nitrogens is 2. The Morgan fingerprint density at radius 2 is 1.75 bits per heavy atom. The van der Waals surface area contributed by atoms with Gasteiger partial charge in [0.05, 0.1) is 5.69 Å². The highest BCUT2D eigenvalue weighted by Crippen LogP contribution is 2.27. The van der Waals surface area contributed by atoms with E-state index < -0.39 is 0 Å². The van der Waals surface area contributed by atoms with Gasteiger partial charge in [0.2, 0.25) is 0 Å². The molecule has 1 aromatic heterocycles. The Kier molecular flexibility index (Phi) is 7.66. The lowest BCUT2D eigenvalue weighted by Crippen LogP contribution is -2.46. The zero-order valence-electron chi connectivity index (χ0n) is 21.2. The van der Waals surface area contributed by atoms with E-state index in [1.54, 1.807) is 12.1 Å². The van der Waals surface area contributed by atoms with Crippen LogP contribution in [0.3, 0.4) is 0 Å². The lowest BCUT2D eigenvalue weighted by atomic mass is 9.95. The number of amides is 1. The molecule has 36 heavy (non-hydrogen) atoms. The van der Waals surface area contributed by atoms with Gasteiger partial charge >= 0.3 is 0 Å². The molecule has 0 unspecified atom stereocenters. The molecule has 2 aromatic carbocycles. The van der Waals surface area contributed by atoms with Gasteiger partial charge < -0.3 is 10.2 Å². The van der Waals surface area contributed by atoms with Crippen LogP contribution < -0.4 is 10.2 Å². The van der Waals surface area contributed by atoms with Gasteiger partial charge in [-0.1, -0.05) is 12.1 Å². The molecular weight excluding hydrogens is 453 g/mol. The number of aryl methyl sites for hydroxylation is 1. The molecule has 0 radical (unpaired) electrons. The van der Waals surface area contributed by atoms with Crippen molar-refractivity contribution in [1.29, 1.82) is 0 Å². The number of rotatable bonds is 8. The summed E-state index contributed by atoms with van der Waals surface area (Å²) in [6.07, 6.45) is 5.93. The molecule has 0 saturated carbocycles. The largest absolute Gasteiger partial charge is 0.369 e. The number of hydrogen-bond donors (Lipinski definition) is 1. The number of carbonyl (C=O) groups excluding carboxylic acids is 1. The standard InChI is InChI=1S/C29H36FN5O/c1-22-7-6-8-25(21-22)34-19-17-33(18-20-34)16-5-4-15-31-29(36)28-26-9-2-3-10-27(26)35(32-28)24-13-11-23(30)12-14-24/h6-8,11-14,21H,2-5,9-10,15-20H2,1H3,(H,31,36). The number of nitrogens with zero attached hydrogens (tertiary/aromatic N) is 4. The summed E-state index contributed by atoms with van der Waals surface area (Å²) in [5.41, 5.74) is 6.09. The topological polar surface area (TPSA) is 53.4 Å². The van der Waals surface area contributed by atoms with Gasteiger partial charge in [-0.05, 0) is 94.0 Å². The SMILES string of the molecule is Cc1cccc(N2CCN(CCCCNC(=O)c3nn(-c4ccc(F)cc4)c4c3CCCC4)CC2)c1. The van der Waals surface area contributed by atoms with E-state index in [1.807, 2.05) is 4.68 Å². The van der Waals surface area contributed by atoms with Crippen LogP contribution >= 0.6 is 0 Å². The van der Waals surface area contributed by atoms with Crippen molar-refractivity contribution in [2.24, 2.45) is 0 Å². The quantitative estimate of drug-likeness (QED) is 0.473. The van der Waals surface area contributed by atoms with Gasteiger partial charge in [-0.3, -0.25) is 9.69 Å². The number of carbonyl (C=O) groups is 1. The van der Waals surface area contributed by atoms with Crippen molar-refractivity contribution in [3.63, 3.8) is 0 Å². The molecule has 1 amide bonds. The van der Waals surface area contributed by atoms with E-state index in [4.69, 9.17) is 0 Å². The van der Waals surface area contributed by atoms with Crippen LogP contribution in [-0.2, 0) is 12.8 Å². The summed E-state index contributed by atoms with van der Waals surface area (Å²) >= 11 is 0. The summed E-state index contributed by atoms with van der Waals surface area (Å²) in [5.74, 6) is -0.369. The first-order chi connectivity index (χ1) is 17.6. The average Bonchev–Trinajstić information content (AvgIpc) is 3.29. The number of piperazine rings is 1. The van der Waals surface area contributed by atoms with Crippen molar-refractivity contribution in [1.82, 2.24) is 20.0 Å². The van der Waals surface area contributed by atoms with Crippen LogP contribution in [-0.4, -0.2) is 59.9 Å². The van der Waals surface area contributed by atoms with Crippen LogP contribution in [0.25, 0.3) is 5.69 Å². The molecule has 190 valence electrons. The Morgan fingerprint density at radius 1 is 0.972 bits per heavy atom. The highest BCUT2D eigenvalue weighted by Gasteiger charge is 2.25. The summed E-state index contributed by atoms with van der Waals surface area (Å²) < 4.78 is 15.2. The molecule has 3 aromatic rings. The average molecular weight is 490 g/mol. The van der Waals surface area contributed by atoms with E-state index in [1.165, 1.54) is 23.4 Å². The molecule has 5 rings (SSSR count). The number of benzene rings is 2. The van der Waals surface area contributed by atoms with Gasteiger partial charge in [0.1, 0.15) is 5.82 Å². The second kappa shape index (κ2) is 11.2. The van der Waals surface area contributed by atoms with Gasteiger partial charge in [-0.15, -0.1) is 0 Å². The molecule has 2 heterocycles. The molecule has 7 heteroatoms. The van der Waals surface area contributed by atoms with Crippen molar-refractivity contribution in [2.45, 2.75) is 45.4 Å². The van der Waals surface area contributed by atoms with Gasteiger partial charge in [-0.2, -0.15) is 5.10 Å². The first-order valence-corrected chi connectivity index (χ1v) is 13.3. The third-order valence-electron chi connectivity index (χ3n) is 7.39. The molecular formula is C29H36FN5O. The smallest absolute Gasteiger partial charge is 0.272 e. The fourth-order valence-electron chi connectivity index (χ4n) is 5.38. The molecule has 1 aliphatic carbocycles. The molecule has 2 aliphatic rings. The normalized spacial score (nSPS) is 16.1. The van der Waals surface area contributed by atoms with Crippen LogP contribution in [0.1, 0.15) is 53.0 Å². The van der Waals surface area contributed by atoms with Gasteiger partial charge in [-0.25, -0.2) is 9.07 Å². The molecule has 1 fully saturated rings. The lowest BCUT2D eigenvalue weighted by molar-refractivity contribution is 0.0946. The van der Waals surface area contributed by atoms with Crippen molar-refractivity contribution in [3.05, 3.63) is 76.9 Å². The first kappa shape index (κ1) is 24.5. The number of anilines is 1. The summed E-state index contributed by atoms with van der Waals surface area (Å²) in [5, 5.41) is 7.76. The van der Waals surface area contributed by atoms with E-state index in [0.29, 0.717) is 12.2 Å². The van der Waals surface area contributed by atoms with Crippen LogP contribution in [0.2, 0.25) is 0 Å². The maximum atomic E-state index is 13.4. The number of unbranched alkanes of at least 4 members (excludes halogenated alkanes) is 1. The minimum Gasteiger partial charge on any atom is -0.369 e. The van der Waals surface area contributed by atoms with Crippen LogP contribution in [0.15, 0.2) is 48.5 Å². The van der Waals surface area contributed by atoms with Gasteiger partial charge in [0.15, 0.2) is 5.69 Å². The predicted octanol–water partition coefficient (Wildman–Crippen LogP) is 4.53. The van der Waals surface area contributed by atoms with E-state index in [9.17, 15) is 9.18 Å². The van der Waals surface area contributed by atoms with E-state index in [-0.39, 0.29) is 11.7 Å². The Balaban J connectivity index is 1.09. The fraction of sp³-hybridized carbons (Fsp3) is 0.448. The zero-order valence-corrected chi connectivity index (χ0v) is 21.2. The Hall–Kier alpha value is -3.19. The van der Waals surface area contributed by atoms with Crippen molar-refractivity contribution in [2.75, 3.05) is 44.2 Å². The molecule has 0 bridgehead atoms. The molecule has 6 nitrogen and oxygen atoms in total. The summed E-state index contributed by atoms with van der Waals surface area (Å²) in [7, 11) is 0. The maximum absolute atomic E-state index is 13.4. The Morgan fingerprint density at radius 3 is 2.53 bits per heavy atom. The van der Waals surface area contributed by atoms with Crippen LogP contribution in [0.5, 0.6) is 0 Å². The summed E-state index contributed by atoms with van der Waals surface area (Å²) in [6.45, 7) is 8.13. The maximum Gasteiger partial charge on any atom is 0.272 e. The minimum atomic E-state index is -0.272. The lowest BCUT2D eigenvalue weighted by Gasteiger charge is -2.36. The van der Waals surface area contributed by atoms with E-state index >= 15 is 0 Å². The van der Waals surface area contributed by atoms with Crippen molar-refractivity contribution >= 4 is 11.6 Å². The van der Waals surface area contributed by atoms with Crippen molar-refractivity contribution < 1.29 is 9.18 Å². The number of hydrogen-bond acceptors (Lipinski definition) is 4. The van der Waals surface area contributed by atoms with Crippen LogP contribution in [0, 0.1) is 12.7 Å². The first-order valence-electron chi connectivity index (χ1n) is 13.3. The number of halogens is 1.